The van der Waals surface area contributed by atoms with Gasteiger partial charge in [0.15, 0.2) is 0 Å². The standard InChI is InChI=1S/C15H23NO/c1-11(2)10-16-15(17)8-7-14-6-5-12(3)13(4)9-14/h5-6,9,11H,7-8,10H2,1-4H3,(H,16,17). The summed E-state index contributed by atoms with van der Waals surface area (Å²) in [5, 5.41) is 2.94. The predicted octanol–water partition coefficient (Wildman–Crippen LogP) is 3.01. The van der Waals surface area contributed by atoms with Crippen molar-refractivity contribution in [2.24, 2.45) is 5.92 Å². The molecule has 0 atom stereocenters. The molecule has 94 valence electrons. The maximum Gasteiger partial charge on any atom is 0.220 e. The summed E-state index contributed by atoms with van der Waals surface area (Å²) < 4.78 is 0. The Labute approximate surface area is 104 Å². The van der Waals surface area contributed by atoms with Crippen LogP contribution < -0.4 is 5.32 Å². The summed E-state index contributed by atoms with van der Waals surface area (Å²) in [6, 6.07) is 6.40. The van der Waals surface area contributed by atoms with Crippen molar-refractivity contribution in [2.75, 3.05) is 6.54 Å². The summed E-state index contributed by atoms with van der Waals surface area (Å²) in [6.45, 7) is 9.19. The number of rotatable bonds is 5. The molecule has 17 heavy (non-hydrogen) atoms. The van der Waals surface area contributed by atoms with E-state index in [2.05, 4.69) is 51.2 Å². The number of carbonyl (C=O) groups is 1. The Morgan fingerprint density at radius 2 is 1.94 bits per heavy atom. The zero-order valence-electron chi connectivity index (χ0n) is 11.3. The summed E-state index contributed by atoms with van der Waals surface area (Å²) in [7, 11) is 0. The first-order chi connectivity index (χ1) is 7.99. The molecule has 0 aliphatic carbocycles. The highest BCUT2D eigenvalue weighted by Gasteiger charge is 2.03. The molecule has 1 amide bonds. The van der Waals surface area contributed by atoms with Crippen LogP contribution in [0, 0.1) is 19.8 Å². The van der Waals surface area contributed by atoms with Crippen molar-refractivity contribution in [2.45, 2.75) is 40.5 Å². The minimum absolute atomic E-state index is 0.150. The zero-order valence-corrected chi connectivity index (χ0v) is 11.3. The van der Waals surface area contributed by atoms with Crippen molar-refractivity contribution in [3.8, 4) is 0 Å². The van der Waals surface area contributed by atoms with E-state index in [1.54, 1.807) is 0 Å². The van der Waals surface area contributed by atoms with Gasteiger partial charge < -0.3 is 5.32 Å². The fourth-order valence-corrected chi connectivity index (χ4v) is 1.62. The van der Waals surface area contributed by atoms with Crippen molar-refractivity contribution >= 4 is 5.91 Å². The lowest BCUT2D eigenvalue weighted by atomic mass is 10.0. The molecule has 1 N–H and O–H groups in total. The van der Waals surface area contributed by atoms with E-state index in [-0.39, 0.29) is 5.91 Å². The number of carbonyl (C=O) groups excluding carboxylic acids is 1. The van der Waals surface area contributed by atoms with Gasteiger partial charge in [0, 0.05) is 13.0 Å². The molecule has 1 rings (SSSR count). The minimum Gasteiger partial charge on any atom is -0.356 e. The SMILES string of the molecule is Cc1ccc(CCC(=O)NCC(C)C)cc1C. The maximum atomic E-state index is 11.6. The third kappa shape index (κ3) is 5.03. The van der Waals surface area contributed by atoms with Gasteiger partial charge in [0.1, 0.15) is 0 Å². The average Bonchev–Trinajstić information content (AvgIpc) is 2.28. The fourth-order valence-electron chi connectivity index (χ4n) is 1.62. The lowest BCUT2D eigenvalue weighted by Crippen LogP contribution is -2.27. The highest BCUT2D eigenvalue weighted by Crippen LogP contribution is 2.11. The molecule has 0 bridgehead atoms. The number of hydrogen-bond donors (Lipinski definition) is 1. The van der Waals surface area contributed by atoms with E-state index in [9.17, 15) is 4.79 Å². The Morgan fingerprint density at radius 3 is 2.53 bits per heavy atom. The van der Waals surface area contributed by atoms with Gasteiger partial charge >= 0.3 is 0 Å². The van der Waals surface area contributed by atoms with Gasteiger partial charge in [-0.15, -0.1) is 0 Å². The van der Waals surface area contributed by atoms with Crippen LogP contribution in [-0.2, 0) is 11.2 Å². The van der Waals surface area contributed by atoms with E-state index in [1.807, 2.05) is 0 Å². The van der Waals surface area contributed by atoms with Crippen LogP contribution in [0.25, 0.3) is 0 Å². The average molecular weight is 233 g/mol. The second-order valence-electron chi connectivity index (χ2n) is 5.12. The Hall–Kier alpha value is -1.31. The Morgan fingerprint density at radius 1 is 1.24 bits per heavy atom. The molecule has 2 heteroatoms. The fraction of sp³-hybridized carbons (Fsp3) is 0.533. The first-order valence-electron chi connectivity index (χ1n) is 6.32. The van der Waals surface area contributed by atoms with Gasteiger partial charge in [0.05, 0.1) is 0 Å². The van der Waals surface area contributed by atoms with Crippen LogP contribution in [0.4, 0.5) is 0 Å². The minimum atomic E-state index is 0.150. The summed E-state index contributed by atoms with van der Waals surface area (Å²) in [5.41, 5.74) is 3.84. The third-order valence-electron chi connectivity index (χ3n) is 2.92. The van der Waals surface area contributed by atoms with Gasteiger partial charge in [-0.25, -0.2) is 0 Å². The molecule has 1 aromatic carbocycles. The monoisotopic (exact) mass is 233 g/mol. The van der Waals surface area contributed by atoms with Gasteiger partial charge in [0.25, 0.3) is 0 Å². The lowest BCUT2D eigenvalue weighted by Gasteiger charge is -2.08. The number of amides is 1. The first kappa shape index (κ1) is 13.8. The largest absolute Gasteiger partial charge is 0.356 e. The van der Waals surface area contributed by atoms with E-state index >= 15 is 0 Å². The topological polar surface area (TPSA) is 29.1 Å². The number of hydrogen-bond acceptors (Lipinski definition) is 1. The van der Waals surface area contributed by atoms with Crippen molar-refractivity contribution in [3.63, 3.8) is 0 Å². The Kier molecular flexibility index (Phi) is 5.20. The normalized spacial score (nSPS) is 10.6. The summed E-state index contributed by atoms with van der Waals surface area (Å²) >= 11 is 0. The molecule has 0 aliphatic heterocycles. The van der Waals surface area contributed by atoms with Crippen molar-refractivity contribution in [3.05, 3.63) is 34.9 Å². The van der Waals surface area contributed by atoms with Crippen LogP contribution in [0.1, 0.15) is 37.0 Å². The molecule has 0 unspecified atom stereocenters. The summed E-state index contributed by atoms with van der Waals surface area (Å²) in [5.74, 6) is 0.664. The highest BCUT2D eigenvalue weighted by molar-refractivity contribution is 5.76. The molecule has 0 heterocycles. The van der Waals surface area contributed by atoms with E-state index in [0.717, 1.165) is 13.0 Å². The highest BCUT2D eigenvalue weighted by atomic mass is 16.1. The lowest BCUT2D eigenvalue weighted by molar-refractivity contribution is -0.121. The van der Waals surface area contributed by atoms with E-state index in [0.29, 0.717) is 12.3 Å². The van der Waals surface area contributed by atoms with E-state index in [1.165, 1.54) is 16.7 Å². The van der Waals surface area contributed by atoms with Crippen molar-refractivity contribution in [1.82, 2.24) is 5.32 Å². The quantitative estimate of drug-likeness (QED) is 0.832. The predicted molar refractivity (Wildman–Crippen MR) is 72.1 cm³/mol. The number of benzene rings is 1. The zero-order chi connectivity index (χ0) is 12.8. The van der Waals surface area contributed by atoms with Crippen LogP contribution in [-0.4, -0.2) is 12.5 Å². The molecule has 2 nitrogen and oxygen atoms in total. The molecular formula is C15H23NO. The van der Waals surface area contributed by atoms with E-state index in [4.69, 9.17) is 0 Å². The van der Waals surface area contributed by atoms with Gasteiger partial charge in [0.2, 0.25) is 5.91 Å². The van der Waals surface area contributed by atoms with Gasteiger partial charge in [-0.1, -0.05) is 32.0 Å². The van der Waals surface area contributed by atoms with E-state index < -0.39 is 0 Å². The first-order valence-corrected chi connectivity index (χ1v) is 6.32. The van der Waals surface area contributed by atoms with Crippen LogP contribution in [0.15, 0.2) is 18.2 Å². The Bertz CT molecular complexity index is 383. The second-order valence-corrected chi connectivity index (χ2v) is 5.12. The second kappa shape index (κ2) is 6.43. The molecular weight excluding hydrogens is 210 g/mol. The van der Waals surface area contributed by atoms with Crippen molar-refractivity contribution in [1.29, 1.82) is 0 Å². The van der Waals surface area contributed by atoms with Crippen LogP contribution >= 0.6 is 0 Å². The molecule has 0 fully saturated rings. The summed E-state index contributed by atoms with van der Waals surface area (Å²) in [6.07, 6.45) is 1.40. The van der Waals surface area contributed by atoms with Gasteiger partial charge in [-0.3, -0.25) is 4.79 Å². The number of nitrogens with one attached hydrogen (secondary N) is 1. The van der Waals surface area contributed by atoms with Crippen LogP contribution in [0.2, 0.25) is 0 Å². The van der Waals surface area contributed by atoms with Crippen LogP contribution in [0.5, 0.6) is 0 Å². The van der Waals surface area contributed by atoms with Gasteiger partial charge in [-0.2, -0.15) is 0 Å². The van der Waals surface area contributed by atoms with Gasteiger partial charge in [-0.05, 0) is 42.9 Å². The molecule has 0 radical (unpaired) electrons. The molecule has 0 saturated heterocycles. The van der Waals surface area contributed by atoms with Crippen molar-refractivity contribution < 1.29 is 4.79 Å². The maximum absolute atomic E-state index is 11.6. The molecule has 1 aromatic rings. The van der Waals surface area contributed by atoms with Crippen LogP contribution in [0.3, 0.4) is 0 Å². The Balaban J connectivity index is 2.39. The molecule has 0 saturated carbocycles. The molecule has 0 aromatic heterocycles. The molecule has 0 aliphatic rings. The smallest absolute Gasteiger partial charge is 0.220 e. The third-order valence-corrected chi connectivity index (χ3v) is 2.92. The number of aryl methyl sites for hydroxylation is 3. The summed E-state index contributed by atoms with van der Waals surface area (Å²) in [4.78, 5) is 11.6. The molecule has 0 spiro atoms.